The minimum Gasteiger partial charge on any atom is -0.495 e. The van der Waals surface area contributed by atoms with Crippen LogP contribution in [0.4, 0.5) is 9.18 Å². The van der Waals surface area contributed by atoms with Crippen molar-refractivity contribution in [1.82, 2.24) is 0 Å². The van der Waals surface area contributed by atoms with Crippen LogP contribution in [0.3, 0.4) is 0 Å². The Morgan fingerprint density at radius 3 is 2.64 bits per heavy atom. The SMILES string of the molecule is COc1ccc(-c2cc3c(cc2F)[C@H](OC(N)=O)C(C)(C)C3)cc1Cl. The van der Waals surface area contributed by atoms with E-state index in [0.717, 1.165) is 5.56 Å². The van der Waals surface area contributed by atoms with Crippen molar-refractivity contribution < 1.29 is 18.7 Å². The second kappa shape index (κ2) is 6.23. The number of primary amides is 1. The summed E-state index contributed by atoms with van der Waals surface area (Å²) in [5.74, 6) is 0.124. The van der Waals surface area contributed by atoms with E-state index in [1.807, 2.05) is 13.8 Å². The molecule has 4 nitrogen and oxygen atoms in total. The Bertz CT molecular complexity index is 851. The average molecular weight is 364 g/mol. The molecule has 1 amide bonds. The zero-order valence-corrected chi connectivity index (χ0v) is 15.0. The van der Waals surface area contributed by atoms with Crippen molar-refractivity contribution in [2.45, 2.75) is 26.4 Å². The van der Waals surface area contributed by atoms with Crippen molar-refractivity contribution in [1.29, 1.82) is 0 Å². The van der Waals surface area contributed by atoms with Gasteiger partial charge in [-0.15, -0.1) is 0 Å². The van der Waals surface area contributed by atoms with Crippen molar-refractivity contribution in [3.63, 3.8) is 0 Å². The van der Waals surface area contributed by atoms with Crippen LogP contribution in [0.25, 0.3) is 11.1 Å². The monoisotopic (exact) mass is 363 g/mol. The Labute approximate surface area is 150 Å². The van der Waals surface area contributed by atoms with Crippen LogP contribution in [-0.4, -0.2) is 13.2 Å². The highest BCUT2D eigenvalue weighted by atomic mass is 35.5. The van der Waals surface area contributed by atoms with Crippen LogP contribution in [0.15, 0.2) is 30.3 Å². The molecule has 2 N–H and O–H groups in total. The van der Waals surface area contributed by atoms with E-state index in [2.05, 4.69) is 0 Å². The Balaban J connectivity index is 2.07. The minimum atomic E-state index is -0.864. The van der Waals surface area contributed by atoms with Gasteiger partial charge in [-0.2, -0.15) is 0 Å². The van der Waals surface area contributed by atoms with Gasteiger partial charge in [0.1, 0.15) is 17.7 Å². The van der Waals surface area contributed by atoms with Gasteiger partial charge < -0.3 is 15.2 Å². The van der Waals surface area contributed by atoms with Crippen molar-refractivity contribution in [3.8, 4) is 16.9 Å². The molecule has 2 aromatic rings. The van der Waals surface area contributed by atoms with Crippen molar-refractivity contribution in [3.05, 3.63) is 52.3 Å². The molecule has 1 aliphatic carbocycles. The maximum atomic E-state index is 14.8. The van der Waals surface area contributed by atoms with Gasteiger partial charge in [0, 0.05) is 11.0 Å². The second-order valence-electron chi connectivity index (χ2n) is 6.86. The molecule has 0 saturated heterocycles. The molecule has 0 heterocycles. The third-order valence-electron chi connectivity index (χ3n) is 4.56. The number of methoxy groups -OCH3 is 1. The number of hydrogen-bond donors (Lipinski definition) is 1. The van der Waals surface area contributed by atoms with E-state index in [1.165, 1.54) is 13.2 Å². The fourth-order valence-electron chi connectivity index (χ4n) is 3.43. The number of benzene rings is 2. The Hall–Kier alpha value is -2.27. The van der Waals surface area contributed by atoms with Gasteiger partial charge in [-0.1, -0.05) is 31.5 Å². The van der Waals surface area contributed by atoms with Gasteiger partial charge in [-0.25, -0.2) is 9.18 Å². The summed E-state index contributed by atoms with van der Waals surface area (Å²) in [5.41, 5.74) is 7.50. The van der Waals surface area contributed by atoms with Crippen LogP contribution in [0.2, 0.25) is 5.02 Å². The van der Waals surface area contributed by atoms with Crippen molar-refractivity contribution >= 4 is 17.7 Å². The zero-order valence-electron chi connectivity index (χ0n) is 14.2. The van der Waals surface area contributed by atoms with E-state index in [4.69, 9.17) is 26.8 Å². The molecule has 0 aromatic heterocycles. The first-order valence-electron chi connectivity index (χ1n) is 7.85. The summed E-state index contributed by atoms with van der Waals surface area (Å²) < 4.78 is 25.1. The molecule has 0 spiro atoms. The molecule has 0 radical (unpaired) electrons. The highest BCUT2D eigenvalue weighted by Gasteiger charge is 2.42. The quantitative estimate of drug-likeness (QED) is 0.845. The lowest BCUT2D eigenvalue weighted by atomic mass is 9.87. The topological polar surface area (TPSA) is 61.6 Å². The molecule has 132 valence electrons. The van der Waals surface area contributed by atoms with Crippen LogP contribution in [-0.2, 0) is 11.2 Å². The van der Waals surface area contributed by atoms with Gasteiger partial charge in [-0.05, 0) is 47.4 Å². The number of nitrogens with two attached hydrogens (primary N) is 1. The van der Waals surface area contributed by atoms with Crippen LogP contribution < -0.4 is 10.5 Å². The van der Waals surface area contributed by atoms with Gasteiger partial charge in [0.25, 0.3) is 0 Å². The predicted molar refractivity (Wildman–Crippen MR) is 94.3 cm³/mol. The number of halogens is 2. The van der Waals surface area contributed by atoms with Crippen LogP contribution in [0, 0.1) is 11.2 Å². The summed E-state index contributed by atoms with van der Waals surface area (Å²) in [6.45, 7) is 3.92. The molecule has 2 aromatic carbocycles. The summed E-state index contributed by atoms with van der Waals surface area (Å²) in [7, 11) is 1.53. The lowest BCUT2D eigenvalue weighted by molar-refractivity contribution is 0.0391. The van der Waals surface area contributed by atoms with E-state index in [-0.39, 0.29) is 5.41 Å². The van der Waals surface area contributed by atoms with Crippen LogP contribution in [0.1, 0.15) is 31.1 Å². The summed E-state index contributed by atoms with van der Waals surface area (Å²) in [5, 5.41) is 0.412. The molecule has 25 heavy (non-hydrogen) atoms. The molecule has 6 heteroatoms. The Morgan fingerprint density at radius 2 is 2.04 bits per heavy atom. The second-order valence-corrected chi connectivity index (χ2v) is 7.27. The first kappa shape index (κ1) is 17.5. The van der Waals surface area contributed by atoms with Crippen molar-refractivity contribution in [2.75, 3.05) is 7.11 Å². The number of hydrogen-bond acceptors (Lipinski definition) is 3. The van der Waals surface area contributed by atoms with E-state index >= 15 is 0 Å². The maximum absolute atomic E-state index is 14.8. The summed E-state index contributed by atoms with van der Waals surface area (Å²) in [6.07, 6.45) is -0.780. The van der Waals surface area contributed by atoms with Gasteiger partial charge in [-0.3, -0.25) is 0 Å². The minimum absolute atomic E-state index is 0.361. The molecule has 1 atom stereocenters. The number of fused-ring (bicyclic) bond motifs is 1. The van der Waals surface area contributed by atoms with Gasteiger partial charge in [0.15, 0.2) is 0 Å². The van der Waals surface area contributed by atoms with Crippen LogP contribution in [0.5, 0.6) is 5.75 Å². The number of amides is 1. The molecule has 0 fully saturated rings. The number of carbonyl (C=O) groups is 1. The standard InChI is InChI=1S/C19H19ClFNO3/c1-19(2)9-11-6-12(10-4-5-16(24-3)14(20)7-10)15(21)8-13(11)17(19)25-18(22)23/h4-8,17H,9H2,1-3H3,(H2,22,23)/t17-/m0/s1. The molecular weight excluding hydrogens is 345 g/mol. The predicted octanol–water partition coefficient (Wildman–Crippen LogP) is 4.87. The fourth-order valence-corrected chi connectivity index (χ4v) is 3.69. The van der Waals surface area contributed by atoms with E-state index in [1.54, 1.807) is 24.3 Å². The van der Waals surface area contributed by atoms with E-state index in [0.29, 0.717) is 33.9 Å². The molecule has 0 aliphatic heterocycles. The largest absolute Gasteiger partial charge is 0.495 e. The van der Waals surface area contributed by atoms with Crippen molar-refractivity contribution in [2.24, 2.45) is 11.1 Å². The summed E-state index contributed by atoms with van der Waals surface area (Å²) >= 11 is 6.16. The molecule has 0 bridgehead atoms. The first-order chi connectivity index (χ1) is 11.7. The molecule has 3 rings (SSSR count). The fraction of sp³-hybridized carbons (Fsp3) is 0.316. The summed E-state index contributed by atoms with van der Waals surface area (Å²) in [4.78, 5) is 11.2. The van der Waals surface area contributed by atoms with Gasteiger partial charge in [0.2, 0.25) is 0 Å². The normalized spacial score (nSPS) is 17.9. The van der Waals surface area contributed by atoms with E-state index < -0.39 is 18.0 Å². The highest BCUT2D eigenvalue weighted by Crippen LogP contribution is 2.49. The first-order valence-corrected chi connectivity index (χ1v) is 8.23. The third-order valence-corrected chi connectivity index (χ3v) is 4.86. The highest BCUT2D eigenvalue weighted by molar-refractivity contribution is 6.32. The number of rotatable bonds is 3. The average Bonchev–Trinajstić information content (AvgIpc) is 2.76. The maximum Gasteiger partial charge on any atom is 0.405 e. The Morgan fingerprint density at radius 1 is 1.32 bits per heavy atom. The lowest BCUT2D eigenvalue weighted by Gasteiger charge is -2.26. The van der Waals surface area contributed by atoms with Crippen LogP contribution >= 0.6 is 11.6 Å². The smallest absolute Gasteiger partial charge is 0.405 e. The number of carbonyl (C=O) groups excluding carboxylic acids is 1. The Kier molecular flexibility index (Phi) is 4.37. The van der Waals surface area contributed by atoms with Gasteiger partial charge >= 0.3 is 6.09 Å². The van der Waals surface area contributed by atoms with E-state index in [9.17, 15) is 9.18 Å². The molecular formula is C19H19ClFNO3. The zero-order chi connectivity index (χ0) is 18.4. The van der Waals surface area contributed by atoms with Gasteiger partial charge in [0.05, 0.1) is 12.1 Å². The molecule has 0 unspecified atom stereocenters. The third kappa shape index (κ3) is 3.16. The summed E-state index contributed by atoms with van der Waals surface area (Å²) in [6, 6.07) is 8.34. The molecule has 0 saturated carbocycles. The number of ether oxygens (including phenoxy) is 2. The lowest BCUT2D eigenvalue weighted by Crippen LogP contribution is -2.25. The molecule has 1 aliphatic rings.